The van der Waals surface area contributed by atoms with E-state index in [2.05, 4.69) is 0 Å². The minimum Gasteiger partial charge on any atom is -0.212 e. The Morgan fingerprint density at radius 3 is 2.50 bits per heavy atom. The van der Waals surface area contributed by atoms with Crippen LogP contribution in [0, 0.1) is 0 Å². The Balaban J connectivity index is 2.02. The molecule has 1 aromatic carbocycles. The molecular formula is C10H13NO2S. The van der Waals surface area contributed by atoms with Crippen molar-refractivity contribution < 1.29 is 8.42 Å². The topological polar surface area (TPSA) is 37.4 Å². The van der Waals surface area contributed by atoms with E-state index in [4.69, 9.17) is 0 Å². The highest BCUT2D eigenvalue weighted by atomic mass is 32.2. The zero-order chi connectivity index (χ0) is 10.2. The summed E-state index contributed by atoms with van der Waals surface area (Å²) < 4.78 is 23.7. The molecule has 0 aromatic heterocycles. The predicted octanol–water partition coefficient (Wildman–Crippen LogP) is 0.873. The first-order valence-electron chi connectivity index (χ1n) is 4.59. The second-order valence-electron chi connectivity index (χ2n) is 3.64. The Hall–Kier alpha value is -0.870. The highest BCUT2D eigenvalue weighted by Gasteiger charge is 2.39. The molecule has 0 amide bonds. The molecule has 1 unspecified atom stereocenters. The van der Waals surface area contributed by atoms with Gasteiger partial charge in [0.05, 0.1) is 5.75 Å². The maximum Gasteiger partial charge on any atom is 0.215 e. The fraction of sp³-hybridized carbons (Fsp3) is 0.400. The molecule has 76 valence electrons. The molecule has 0 bridgehead atoms. The molecule has 1 aliphatic heterocycles. The summed E-state index contributed by atoms with van der Waals surface area (Å²) in [4.78, 5) is 0. The van der Waals surface area contributed by atoms with Gasteiger partial charge in [-0.3, -0.25) is 0 Å². The Morgan fingerprint density at radius 1 is 1.36 bits per heavy atom. The van der Waals surface area contributed by atoms with Crippen LogP contribution in [0.2, 0.25) is 0 Å². The van der Waals surface area contributed by atoms with E-state index >= 15 is 0 Å². The summed E-state index contributed by atoms with van der Waals surface area (Å²) in [6, 6.07) is 10.1. The van der Waals surface area contributed by atoms with Crippen molar-refractivity contribution >= 4 is 10.0 Å². The molecule has 1 fully saturated rings. The standard InChI is InChI=1S/C10H13NO2S/c1-11-10(8-14(11,12)13)7-9-5-3-2-4-6-9/h2-6,10H,7-8H2,1H3. The van der Waals surface area contributed by atoms with Gasteiger partial charge in [0.25, 0.3) is 0 Å². The third-order valence-electron chi connectivity index (χ3n) is 2.67. The van der Waals surface area contributed by atoms with Crippen LogP contribution in [0.5, 0.6) is 0 Å². The van der Waals surface area contributed by atoms with Crippen molar-refractivity contribution in [1.82, 2.24) is 4.31 Å². The van der Waals surface area contributed by atoms with Gasteiger partial charge >= 0.3 is 0 Å². The average Bonchev–Trinajstić information content (AvgIpc) is 2.18. The Kier molecular flexibility index (Phi) is 2.33. The molecule has 1 atom stereocenters. The molecule has 0 saturated carbocycles. The Labute approximate surface area is 84.4 Å². The number of nitrogens with zero attached hydrogens (tertiary/aromatic N) is 1. The fourth-order valence-corrected chi connectivity index (χ4v) is 3.09. The molecular weight excluding hydrogens is 198 g/mol. The number of hydrogen-bond acceptors (Lipinski definition) is 2. The first-order chi connectivity index (χ1) is 6.59. The third-order valence-corrected chi connectivity index (χ3v) is 4.65. The van der Waals surface area contributed by atoms with Crippen molar-refractivity contribution in [3.8, 4) is 0 Å². The van der Waals surface area contributed by atoms with E-state index in [1.807, 2.05) is 30.3 Å². The quantitative estimate of drug-likeness (QED) is 0.728. The van der Waals surface area contributed by atoms with E-state index in [0.29, 0.717) is 5.75 Å². The van der Waals surface area contributed by atoms with E-state index in [1.165, 1.54) is 9.87 Å². The third kappa shape index (κ3) is 1.67. The van der Waals surface area contributed by atoms with E-state index < -0.39 is 10.0 Å². The van der Waals surface area contributed by atoms with Crippen molar-refractivity contribution in [3.63, 3.8) is 0 Å². The van der Waals surface area contributed by atoms with Crippen molar-refractivity contribution in [1.29, 1.82) is 0 Å². The summed E-state index contributed by atoms with van der Waals surface area (Å²) in [5.74, 6) is 0.290. The van der Waals surface area contributed by atoms with Crippen LogP contribution in [-0.4, -0.2) is 31.6 Å². The maximum absolute atomic E-state index is 11.1. The number of sulfonamides is 1. The van der Waals surface area contributed by atoms with Crippen LogP contribution < -0.4 is 0 Å². The highest BCUT2D eigenvalue weighted by Crippen LogP contribution is 2.22. The number of rotatable bonds is 2. The lowest BCUT2D eigenvalue weighted by molar-refractivity contribution is 0.334. The van der Waals surface area contributed by atoms with Gasteiger partial charge in [-0.15, -0.1) is 0 Å². The summed E-state index contributed by atoms with van der Waals surface area (Å²) in [6.07, 6.45) is 0.816. The summed E-state index contributed by atoms with van der Waals surface area (Å²) in [5.41, 5.74) is 1.19. The average molecular weight is 211 g/mol. The van der Waals surface area contributed by atoms with Gasteiger partial charge in [0.2, 0.25) is 10.0 Å². The van der Waals surface area contributed by atoms with Gasteiger partial charge in [-0.1, -0.05) is 30.3 Å². The number of hydrogen-bond donors (Lipinski definition) is 0. The molecule has 1 aliphatic rings. The van der Waals surface area contributed by atoms with Crippen LogP contribution in [0.15, 0.2) is 30.3 Å². The van der Waals surface area contributed by atoms with Gasteiger partial charge in [0, 0.05) is 13.1 Å². The van der Waals surface area contributed by atoms with Crippen molar-refractivity contribution in [2.24, 2.45) is 0 Å². The van der Waals surface area contributed by atoms with Crippen molar-refractivity contribution in [3.05, 3.63) is 35.9 Å². The minimum atomic E-state index is -2.90. The maximum atomic E-state index is 11.1. The van der Waals surface area contributed by atoms with Crippen LogP contribution in [0.3, 0.4) is 0 Å². The highest BCUT2D eigenvalue weighted by molar-refractivity contribution is 7.90. The summed E-state index contributed by atoms with van der Waals surface area (Å²) in [7, 11) is -1.25. The molecule has 3 nitrogen and oxygen atoms in total. The van der Waals surface area contributed by atoms with Gasteiger partial charge in [-0.05, 0) is 12.0 Å². The van der Waals surface area contributed by atoms with Gasteiger partial charge in [0.15, 0.2) is 0 Å². The summed E-state index contributed by atoms with van der Waals surface area (Å²) in [6.45, 7) is 0. The smallest absolute Gasteiger partial charge is 0.212 e. The van der Waals surface area contributed by atoms with Crippen LogP contribution in [0.4, 0.5) is 0 Å². The molecule has 1 saturated heterocycles. The molecule has 14 heavy (non-hydrogen) atoms. The van der Waals surface area contributed by atoms with E-state index in [-0.39, 0.29) is 6.04 Å². The lowest BCUT2D eigenvalue weighted by Crippen LogP contribution is -2.55. The zero-order valence-corrected chi connectivity index (χ0v) is 8.87. The van der Waals surface area contributed by atoms with E-state index in [9.17, 15) is 8.42 Å². The predicted molar refractivity (Wildman–Crippen MR) is 55.5 cm³/mol. The van der Waals surface area contributed by atoms with E-state index in [1.54, 1.807) is 7.05 Å². The fourth-order valence-electron chi connectivity index (χ4n) is 1.68. The lowest BCUT2D eigenvalue weighted by atomic mass is 10.1. The first kappa shape index (κ1) is 9.68. The monoisotopic (exact) mass is 211 g/mol. The van der Waals surface area contributed by atoms with Crippen LogP contribution in [0.1, 0.15) is 5.56 Å². The second kappa shape index (κ2) is 3.37. The normalized spacial score (nSPS) is 25.6. The van der Waals surface area contributed by atoms with Crippen molar-refractivity contribution in [2.75, 3.05) is 12.8 Å². The number of likely N-dealkylation sites (N-methyl/N-ethyl adjacent to an activating group) is 1. The molecule has 0 aliphatic carbocycles. The van der Waals surface area contributed by atoms with Gasteiger partial charge in [0.1, 0.15) is 0 Å². The minimum absolute atomic E-state index is 0.155. The molecule has 0 spiro atoms. The molecule has 0 N–H and O–H groups in total. The van der Waals surface area contributed by atoms with Crippen molar-refractivity contribution in [2.45, 2.75) is 12.5 Å². The Morgan fingerprint density at radius 2 is 2.00 bits per heavy atom. The zero-order valence-electron chi connectivity index (χ0n) is 8.05. The van der Waals surface area contributed by atoms with Crippen LogP contribution >= 0.6 is 0 Å². The van der Waals surface area contributed by atoms with Crippen LogP contribution in [0.25, 0.3) is 0 Å². The number of benzene rings is 1. The van der Waals surface area contributed by atoms with E-state index in [0.717, 1.165) is 6.42 Å². The Bertz CT molecular complexity index is 413. The largest absolute Gasteiger partial charge is 0.215 e. The van der Waals surface area contributed by atoms with Gasteiger partial charge < -0.3 is 0 Å². The van der Waals surface area contributed by atoms with Crippen LogP contribution in [-0.2, 0) is 16.4 Å². The molecule has 0 radical (unpaired) electrons. The summed E-state index contributed by atoms with van der Waals surface area (Å²) >= 11 is 0. The van der Waals surface area contributed by atoms with Gasteiger partial charge in [-0.25, -0.2) is 12.7 Å². The second-order valence-corrected chi connectivity index (χ2v) is 5.71. The summed E-state index contributed by atoms with van der Waals surface area (Å²) in [5, 5.41) is 0. The van der Waals surface area contributed by atoms with Gasteiger partial charge in [-0.2, -0.15) is 0 Å². The molecule has 4 heteroatoms. The lowest BCUT2D eigenvalue weighted by Gasteiger charge is -2.36. The molecule has 1 aromatic rings. The molecule has 1 heterocycles. The first-order valence-corrected chi connectivity index (χ1v) is 6.20. The SMILES string of the molecule is CN1C(Cc2ccccc2)CS1(=O)=O. The molecule has 2 rings (SSSR count).